The van der Waals surface area contributed by atoms with Crippen LogP contribution in [-0.4, -0.2) is 4.98 Å². The Balaban J connectivity index is 2.13. The number of hydrogen-bond acceptors (Lipinski definition) is 3. The molecule has 0 fully saturated rings. The standard InChI is InChI=1S/C12H10INOS/c13-16-15-9-10-1-3-11(4-2-10)12-5-7-14-8-6-12/h1-8H,9H2. The van der Waals surface area contributed by atoms with Gasteiger partial charge >= 0.3 is 0 Å². The minimum absolute atomic E-state index is 0.643. The fourth-order valence-electron chi connectivity index (χ4n) is 1.43. The van der Waals surface area contributed by atoms with Gasteiger partial charge in [0, 0.05) is 33.6 Å². The SMILES string of the molecule is ISOCc1ccc(-c2ccncc2)cc1. The van der Waals surface area contributed by atoms with E-state index in [1.165, 1.54) is 25.9 Å². The van der Waals surface area contributed by atoms with Crippen LogP contribution in [0.1, 0.15) is 5.56 Å². The third-order valence-electron chi connectivity index (χ3n) is 2.24. The highest BCUT2D eigenvalue weighted by Gasteiger charge is 1.97. The Morgan fingerprint density at radius 1 is 1.00 bits per heavy atom. The van der Waals surface area contributed by atoms with Gasteiger partial charge in [-0.3, -0.25) is 4.98 Å². The Bertz CT molecular complexity index is 433. The third-order valence-corrected chi connectivity index (χ3v) is 3.21. The van der Waals surface area contributed by atoms with Gasteiger partial charge in [-0.15, -0.1) is 0 Å². The van der Waals surface area contributed by atoms with Gasteiger partial charge in [-0.25, -0.2) is 0 Å². The second-order valence-electron chi connectivity index (χ2n) is 3.26. The second kappa shape index (κ2) is 6.22. The largest absolute Gasteiger partial charge is 0.301 e. The van der Waals surface area contributed by atoms with Crippen molar-refractivity contribution in [3.05, 3.63) is 54.4 Å². The zero-order valence-corrected chi connectivity index (χ0v) is 11.4. The molecular weight excluding hydrogens is 333 g/mol. The summed E-state index contributed by atoms with van der Waals surface area (Å²) in [5, 5.41) is 0. The summed E-state index contributed by atoms with van der Waals surface area (Å²) in [4.78, 5) is 4.01. The van der Waals surface area contributed by atoms with E-state index in [4.69, 9.17) is 4.18 Å². The van der Waals surface area contributed by atoms with Crippen LogP contribution in [0.2, 0.25) is 0 Å². The highest BCUT2D eigenvalue weighted by Crippen LogP contribution is 2.20. The van der Waals surface area contributed by atoms with Crippen LogP contribution in [0.5, 0.6) is 0 Å². The van der Waals surface area contributed by atoms with Gasteiger partial charge in [0.2, 0.25) is 0 Å². The van der Waals surface area contributed by atoms with Crippen LogP contribution in [0.3, 0.4) is 0 Å². The minimum Gasteiger partial charge on any atom is -0.301 e. The van der Waals surface area contributed by atoms with E-state index in [0.29, 0.717) is 6.61 Å². The van der Waals surface area contributed by atoms with E-state index in [1.807, 2.05) is 12.1 Å². The molecule has 1 aromatic heterocycles. The molecule has 0 bridgehead atoms. The molecule has 0 saturated heterocycles. The lowest BCUT2D eigenvalue weighted by Crippen LogP contribution is -1.85. The molecule has 0 unspecified atom stereocenters. The fraction of sp³-hybridized carbons (Fsp3) is 0.0833. The molecule has 0 radical (unpaired) electrons. The first kappa shape index (κ1) is 11.9. The zero-order chi connectivity index (χ0) is 11.2. The van der Waals surface area contributed by atoms with Crippen LogP contribution in [0.25, 0.3) is 11.1 Å². The first-order valence-corrected chi connectivity index (χ1v) is 8.08. The smallest absolute Gasteiger partial charge is 0.0874 e. The average Bonchev–Trinajstić information content (AvgIpc) is 2.38. The number of hydrogen-bond donors (Lipinski definition) is 0. The lowest BCUT2D eigenvalue weighted by molar-refractivity contribution is 0.371. The van der Waals surface area contributed by atoms with E-state index in [-0.39, 0.29) is 0 Å². The lowest BCUT2D eigenvalue weighted by atomic mass is 10.1. The molecule has 2 rings (SSSR count). The minimum atomic E-state index is 0.643. The second-order valence-corrected chi connectivity index (χ2v) is 4.70. The first-order valence-electron chi connectivity index (χ1n) is 4.79. The van der Waals surface area contributed by atoms with Crippen molar-refractivity contribution >= 4 is 30.4 Å². The van der Waals surface area contributed by atoms with E-state index < -0.39 is 0 Å². The van der Waals surface area contributed by atoms with Crippen molar-refractivity contribution in [1.29, 1.82) is 0 Å². The van der Waals surface area contributed by atoms with Crippen molar-refractivity contribution in [2.45, 2.75) is 6.61 Å². The van der Waals surface area contributed by atoms with E-state index in [0.717, 1.165) is 0 Å². The third kappa shape index (κ3) is 3.20. The predicted molar refractivity (Wildman–Crippen MR) is 76.1 cm³/mol. The van der Waals surface area contributed by atoms with Crippen molar-refractivity contribution < 1.29 is 4.18 Å². The van der Waals surface area contributed by atoms with E-state index in [1.54, 1.807) is 12.4 Å². The molecule has 0 atom stereocenters. The maximum Gasteiger partial charge on any atom is 0.0874 e. The van der Waals surface area contributed by atoms with Crippen molar-refractivity contribution in [3.8, 4) is 11.1 Å². The summed E-state index contributed by atoms with van der Waals surface area (Å²) in [7, 11) is 1.36. The van der Waals surface area contributed by atoms with Gasteiger partial charge in [0.1, 0.15) is 0 Å². The topological polar surface area (TPSA) is 22.1 Å². The molecular formula is C12H10INOS. The van der Waals surface area contributed by atoms with Crippen molar-refractivity contribution in [2.75, 3.05) is 0 Å². The molecule has 4 heteroatoms. The number of aromatic nitrogens is 1. The van der Waals surface area contributed by atoms with E-state index >= 15 is 0 Å². The number of pyridine rings is 1. The van der Waals surface area contributed by atoms with Gasteiger partial charge < -0.3 is 4.18 Å². The first-order chi connectivity index (χ1) is 7.90. The van der Waals surface area contributed by atoms with Crippen LogP contribution in [0.15, 0.2) is 48.8 Å². The van der Waals surface area contributed by atoms with Crippen molar-refractivity contribution in [3.63, 3.8) is 0 Å². The number of benzene rings is 1. The van der Waals surface area contributed by atoms with Gasteiger partial charge in [0.25, 0.3) is 0 Å². The lowest BCUT2D eigenvalue weighted by Gasteiger charge is -2.03. The Morgan fingerprint density at radius 2 is 1.62 bits per heavy atom. The monoisotopic (exact) mass is 343 g/mol. The van der Waals surface area contributed by atoms with Crippen LogP contribution >= 0.6 is 30.4 Å². The Labute approximate surface area is 111 Å². The molecule has 82 valence electrons. The van der Waals surface area contributed by atoms with Gasteiger partial charge in [0.15, 0.2) is 0 Å². The summed E-state index contributed by atoms with van der Waals surface area (Å²) in [5.41, 5.74) is 3.57. The Hall–Kier alpha value is -0.590. The molecule has 0 spiro atoms. The molecule has 0 aliphatic heterocycles. The van der Waals surface area contributed by atoms with Gasteiger partial charge in [-0.2, -0.15) is 0 Å². The molecule has 16 heavy (non-hydrogen) atoms. The molecule has 0 aliphatic carbocycles. The normalized spacial score (nSPS) is 10.3. The Kier molecular flexibility index (Phi) is 4.62. The number of rotatable bonds is 4. The van der Waals surface area contributed by atoms with E-state index in [9.17, 15) is 0 Å². The quantitative estimate of drug-likeness (QED) is 0.612. The van der Waals surface area contributed by atoms with Crippen LogP contribution in [-0.2, 0) is 10.8 Å². The summed E-state index contributed by atoms with van der Waals surface area (Å²) in [6.07, 6.45) is 3.61. The van der Waals surface area contributed by atoms with Crippen LogP contribution < -0.4 is 0 Å². The summed E-state index contributed by atoms with van der Waals surface area (Å²) < 4.78 is 5.26. The maximum atomic E-state index is 5.26. The molecule has 0 aliphatic rings. The maximum absolute atomic E-state index is 5.26. The average molecular weight is 343 g/mol. The summed E-state index contributed by atoms with van der Waals surface area (Å²) in [5.74, 6) is 0. The molecule has 0 N–H and O–H groups in total. The molecule has 2 aromatic rings. The number of halogens is 1. The number of nitrogens with zero attached hydrogens (tertiary/aromatic N) is 1. The summed E-state index contributed by atoms with van der Waals surface area (Å²) in [6.45, 7) is 0.643. The predicted octanol–water partition coefficient (Wildman–Crippen LogP) is 4.26. The van der Waals surface area contributed by atoms with Gasteiger partial charge in [-0.1, -0.05) is 24.3 Å². The van der Waals surface area contributed by atoms with Crippen LogP contribution in [0, 0.1) is 0 Å². The van der Waals surface area contributed by atoms with Crippen molar-refractivity contribution in [1.82, 2.24) is 4.98 Å². The fourth-order valence-corrected chi connectivity index (χ4v) is 1.99. The van der Waals surface area contributed by atoms with E-state index in [2.05, 4.69) is 50.5 Å². The zero-order valence-electron chi connectivity index (χ0n) is 8.47. The van der Waals surface area contributed by atoms with Gasteiger partial charge in [0.05, 0.1) is 15.8 Å². The molecule has 1 aromatic carbocycles. The highest BCUT2D eigenvalue weighted by atomic mass is 127. The van der Waals surface area contributed by atoms with Crippen molar-refractivity contribution in [2.24, 2.45) is 0 Å². The Morgan fingerprint density at radius 3 is 2.25 bits per heavy atom. The molecule has 0 amide bonds. The molecule has 0 saturated carbocycles. The van der Waals surface area contributed by atoms with Crippen LogP contribution in [0.4, 0.5) is 0 Å². The highest BCUT2D eigenvalue weighted by molar-refractivity contribution is 14.2. The summed E-state index contributed by atoms with van der Waals surface area (Å²) >= 11 is 2.12. The van der Waals surface area contributed by atoms with Gasteiger partial charge in [-0.05, 0) is 28.8 Å². The molecule has 2 nitrogen and oxygen atoms in total. The molecule has 1 heterocycles. The summed E-state index contributed by atoms with van der Waals surface area (Å²) in [6, 6.07) is 12.4.